The van der Waals surface area contributed by atoms with Crippen molar-refractivity contribution in [3.63, 3.8) is 0 Å². The molecular weight excluding hydrogens is 509 g/mol. The van der Waals surface area contributed by atoms with Gasteiger partial charge in [0.25, 0.3) is 0 Å². The quantitative estimate of drug-likeness (QED) is 0.282. The first kappa shape index (κ1) is 23.2. The number of aromatic carboxylic acids is 1. The highest BCUT2D eigenvalue weighted by atomic mass is 35.5. The van der Waals surface area contributed by atoms with Crippen LogP contribution in [-0.4, -0.2) is 41.3 Å². The second-order valence-electron chi connectivity index (χ2n) is 7.08. The molecule has 0 saturated heterocycles. The summed E-state index contributed by atoms with van der Waals surface area (Å²) in [5, 5.41) is 25.6. The summed E-state index contributed by atoms with van der Waals surface area (Å²) in [4.78, 5) is 17.0. The first-order valence-electron chi connectivity index (χ1n) is 9.42. The highest BCUT2D eigenvalue weighted by Gasteiger charge is 2.28. The van der Waals surface area contributed by atoms with Crippen molar-refractivity contribution in [2.45, 2.75) is 37.2 Å². The number of hydrogen-bond donors (Lipinski definition) is 1. The largest absolute Gasteiger partial charge is 0.476 e. The number of carbonyl (C=O) groups is 1. The molecule has 1 aromatic carbocycles. The third-order valence-corrected chi connectivity index (χ3v) is 8.14. The number of carboxylic acids is 1. The molecule has 4 rings (SSSR count). The smallest absolute Gasteiger partial charge is 0.355 e. The molecule has 12 heteroatoms. The Labute approximate surface area is 206 Å². The van der Waals surface area contributed by atoms with E-state index in [1.54, 1.807) is 30.8 Å². The van der Waals surface area contributed by atoms with Crippen molar-refractivity contribution >= 4 is 63.6 Å². The summed E-state index contributed by atoms with van der Waals surface area (Å²) >= 11 is 16.7. The molecule has 0 atom stereocenters. The summed E-state index contributed by atoms with van der Waals surface area (Å²) < 4.78 is 2.31. The monoisotopic (exact) mass is 525 g/mol. The minimum Gasteiger partial charge on any atom is -0.476 e. The van der Waals surface area contributed by atoms with Crippen molar-refractivity contribution in [1.29, 1.82) is 0 Å². The number of benzene rings is 1. The summed E-state index contributed by atoms with van der Waals surface area (Å²) in [6.45, 7) is 7.74. The topological polar surface area (TPSA) is 93.8 Å². The van der Waals surface area contributed by atoms with Gasteiger partial charge in [0, 0.05) is 10.8 Å². The maximum Gasteiger partial charge on any atom is 0.355 e. The molecule has 0 spiro atoms. The van der Waals surface area contributed by atoms with Crippen molar-refractivity contribution < 1.29 is 9.90 Å². The van der Waals surface area contributed by atoms with E-state index in [1.165, 1.54) is 27.4 Å². The third kappa shape index (κ3) is 4.42. The van der Waals surface area contributed by atoms with Crippen molar-refractivity contribution in [3.05, 3.63) is 44.6 Å². The van der Waals surface area contributed by atoms with Gasteiger partial charge in [0.05, 0.1) is 31.2 Å². The lowest BCUT2D eigenvalue weighted by Crippen LogP contribution is -2.09. The summed E-state index contributed by atoms with van der Waals surface area (Å²) in [6.07, 6.45) is 0. The van der Waals surface area contributed by atoms with E-state index in [1.807, 2.05) is 13.0 Å². The third-order valence-electron chi connectivity index (χ3n) is 4.30. The summed E-state index contributed by atoms with van der Waals surface area (Å²) in [5.41, 5.74) is 2.51. The number of rotatable bonds is 6. The van der Waals surface area contributed by atoms with Crippen molar-refractivity contribution in [3.8, 4) is 27.0 Å². The Balaban J connectivity index is 1.91. The van der Waals surface area contributed by atoms with Crippen LogP contribution in [-0.2, 0) is 0 Å². The van der Waals surface area contributed by atoms with E-state index in [0.717, 1.165) is 14.8 Å². The SMILES string of the molecule is Cc1nnc(-c2c(C)nn(-c3nc(-c4ccc(Cl)c(Cl)c4)c(SC(C)C)s3)c2C(=O)O)s1. The number of nitrogens with zero attached hydrogens (tertiary/aromatic N) is 5. The van der Waals surface area contributed by atoms with Crippen LogP contribution in [0.15, 0.2) is 22.4 Å². The molecule has 0 bridgehead atoms. The molecule has 7 nitrogen and oxygen atoms in total. The lowest BCUT2D eigenvalue weighted by molar-refractivity contribution is 0.0688. The molecule has 1 N–H and O–H groups in total. The highest BCUT2D eigenvalue weighted by molar-refractivity contribution is 8.01. The fourth-order valence-corrected chi connectivity index (χ4v) is 6.59. The fourth-order valence-electron chi connectivity index (χ4n) is 3.02. The predicted molar refractivity (Wildman–Crippen MR) is 131 cm³/mol. The van der Waals surface area contributed by atoms with Crippen molar-refractivity contribution in [2.24, 2.45) is 0 Å². The van der Waals surface area contributed by atoms with Gasteiger partial charge in [-0.15, -0.1) is 22.0 Å². The minimum atomic E-state index is -1.11. The van der Waals surface area contributed by atoms with Crippen LogP contribution in [0.2, 0.25) is 10.0 Å². The molecule has 3 aromatic heterocycles. The number of thioether (sulfide) groups is 1. The van der Waals surface area contributed by atoms with Gasteiger partial charge >= 0.3 is 5.97 Å². The van der Waals surface area contributed by atoms with Crippen LogP contribution in [0.5, 0.6) is 0 Å². The molecule has 3 heterocycles. The van der Waals surface area contributed by atoms with Crippen LogP contribution in [0, 0.1) is 13.8 Å². The zero-order valence-electron chi connectivity index (χ0n) is 17.4. The summed E-state index contributed by atoms with van der Waals surface area (Å²) in [7, 11) is 0. The van der Waals surface area contributed by atoms with E-state index in [9.17, 15) is 9.90 Å². The molecule has 0 aliphatic carbocycles. The first-order valence-corrected chi connectivity index (χ1v) is 12.7. The van der Waals surface area contributed by atoms with Gasteiger partial charge < -0.3 is 5.11 Å². The average molecular weight is 526 g/mol. The highest BCUT2D eigenvalue weighted by Crippen LogP contribution is 2.42. The number of carboxylic acid groups (broad SMARTS) is 1. The first-order chi connectivity index (χ1) is 15.2. The average Bonchev–Trinajstić information content (AvgIpc) is 3.40. The Morgan fingerprint density at radius 1 is 1.16 bits per heavy atom. The Morgan fingerprint density at radius 2 is 1.91 bits per heavy atom. The van der Waals surface area contributed by atoms with Gasteiger partial charge in [-0.25, -0.2) is 9.78 Å². The van der Waals surface area contributed by atoms with Gasteiger partial charge in [-0.05, 0) is 26.0 Å². The Bertz CT molecular complexity index is 1330. The van der Waals surface area contributed by atoms with Crippen LogP contribution in [0.3, 0.4) is 0 Å². The van der Waals surface area contributed by atoms with Gasteiger partial charge in [0.15, 0.2) is 10.7 Å². The van der Waals surface area contributed by atoms with E-state index >= 15 is 0 Å². The standard InChI is InChI=1S/C20H17Cl2N5O2S3/c1-8(2)30-19-15(11-5-6-12(21)13(22)7-11)23-20(32-19)27-16(18(28)29)14(9(3)26-27)17-25-24-10(4)31-17/h5-8H,1-4H3,(H,28,29). The summed E-state index contributed by atoms with van der Waals surface area (Å²) in [5.74, 6) is -1.11. The van der Waals surface area contributed by atoms with Crippen molar-refractivity contribution in [2.75, 3.05) is 0 Å². The molecule has 0 aliphatic rings. The zero-order valence-corrected chi connectivity index (χ0v) is 21.3. The molecule has 0 unspecified atom stereocenters. The Kier molecular flexibility index (Phi) is 6.60. The van der Waals surface area contributed by atoms with Gasteiger partial charge in [0.2, 0.25) is 5.13 Å². The maximum absolute atomic E-state index is 12.3. The molecule has 32 heavy (non-hydrogen) atoms. The molecule has 0 amide bonds. The second-order valence-corrected chi connectivity index (χ2v) is 11.9. The lowest BCUT2D eigenvalue weighted by atomic mass is 10.2. The summed E-state index contributed by atoms with van der Waals surface area (Å²) in [6, 6.07) is 5.33. The van der Waals surface area contributed by atoms with E-state index in [4.69, 9.17) is 28.2 Å². The van der Waals surface area contributed by atoms with E-state index < -0.39 is 5.97 Å². The Morgan fingerprint density at radius 3 is 2.50 bits per heavy atom. The van der Waals surface area contributed by atoms with Crippen LogP contribution < -0.4 is 0 Å². The molecular formula is C20H17Cl2N5O2S3. The van der Waals surface area contributed by atoms with E-state index in [-0.39, 0.29) is 5.69 Å². The van der Waals surface area contributed by atoms with Gasteiger partial charge in [0.1, 0.15) is 5.01 Å². The number of aromatic nitrogens is 5. The number of hydrogen-bond acceptors (Lipinski definition) is 8. The van der Waals surface area contributed by atoms with Crippen LogP contribution in [0.4, 0.5) is 0 Å². The lowest BCUT2D eigenvalue weighted by Gasteiger charge is -2.05. The normalized spacial score (nSPS) is 11.5. The van der Waals surface area contributed by atoms with Crippen LogP contribution in [0.1, 0.15) is 35.0 Å². The minimum absolute atomic E-state index is 0.00851. The maximum atomic E-state index is 12.3. The predicted octanol–water partition coefficient (Wildman–Crippen LogP) is 6.64. The number of thiazole rings is 1. The van der Waals surface area contributed by atoms with E-state index in [2.05, 4.69) is 29.1 Å². The molecule has 166 valence electrons. The second kappa shape index (κ2) is 9.11. The molecule has 0 aliphatic heterocycles. The van der Waals surface area contributed by atoms with E-state index in [0.29, 0.717) is 42.4 Å². The van der Waals surface area contributed by atoms with Gasteiger partial charge in [-0.2, -0.15) is 9.78 Å². The van der Waals surface area contributed by atoms with Gasteiger partial charge in [-0.3, -0.25) is 0 Å². The van der Waals surface area contributed by atoms with Gasteiger partial charge in [-0.1, -0.05) is 65.8 Å². The number of halogens is 2. The molecule has 4 aromatic rings. The molecule has 0 saturated carbocycles. The molecule has 0 fully saturated rings. The van der Waals surface area contributed by atoms with Crippen LogP contribution >= 0.6 is 57.6 Å². The fraction of sp³-hybridized carbons (Fsp3) is 0.250. The number of aryl methyl sites for hydroxylation is 2. The van der Waals surface area contributed by atoms with Crippen molar-refractivity contribution in [1.82, 2.24) is 25.0 Å². The van der Waals surface area contributed by atoms with Crippen LogP contribution in [0.25, 0.3) is 27.0 Å². The molecule has 0 radical (unpaired) electrons. The Hall–Kier alpha value is -1.98. The zero-order chi connectivity index (χ0) is 23.2.